The second kappa shape index (κ2) is 9.53. The number of nitrogens with one attached hydrogen (secondary N) is 1. The second-order valence-corrected chi connectivity index (χ2v) is 9.24. The number of rotatable bonds is 7. The van der Waals surface area contributed by atoms with Gasteiger partial charge in [0.1, 0.15) is 17.1 Å². The Morgan fingerprint density at radius 1 is 1.18 bits per heavy atom. The Labute approximate surface area is 199 Å². The molecule has 1 heterocycles. The first-order valence-corrected chi connectivity index (χ1v) is 11.6. The molecule has 3 rings (SSSR count). The number of nitrogens with two attached hydrogens (primary N) is 1. The fraction of sp³-hybridized carbons (Fsp3) is 0.143. The minimum atomic E-state index is -4.24. The van der Waals surface area contributed by atoms with Gasteiger partial charge in [0.15, 0.2) is 5.70 Å². The zero-order chi connectivity index (χ0) is 25.2. The van der Waals surface area contributed by atoms with E-state index in [-0.39, 0.29) is 21.3 Å². The van der Waals surface area contributed by atoms with E-state index in [9.17, 15) is 23.1 Å². The number of nitrogens with zero attached hydrogens (tertiary/aromatic N) is 4. The SMILES string of the molecule is CC(O)=C(N=Nc1cc(S(=O)(=O)Nc2c(C)n(C)n(-c3ccccc3)c2=O)ccc1Cl)C(N)=O. The topological polar surface area (TPSA) is 161 Å². The van der Waals surface area contributed by atoms with E-state index in [1.165, 1.54) is 28.4 Å². The molecule has 0 atom stereocenters. The fourth-order valence-electron chi connectivity index (χ4n) is 3.02. The molecule has 0 bridgehead atoms. The zero-order valence-electron chi connectivity index (χ0n) is 18.4. The predicted molar refractivity (Wildman–Crippen MR) is 127 cm³/mol. The first kappa shape index (κ1) is 24.7. The molecule has 0 aliphatic carbocycles. The van der Waals surface area contributed by atoms with Crippen LogP contribution in [0.2, 0.25) is 5.02 Å². The fourth-order valence-corrected chi connectivity index (χ4v) is 4.31. The van der Waals surface area contributed by atoms with Crippen molar-refractivity contribution in [2.24, 2.45) is 23.0 Å². The molecule has 0 saturated heterocycles. The van der Waals surface area contributed by atoms with E-state index in [0.29, 0.717) is 11.4 Å². The normalized spacial score (nSPS) is 12.6. The Morgan fingerprint density at radius 2 is 1.82 bits per heavy atom. The summed E-state index contributed by atoms with van der Waals surface area (Å²) in [5.74, 6) is -1.49. The molecule has 0 aliphatic rings. The number of aliphatic hydroxyl groups is 1. The lowest BCUT2D eigenvalue weighted by molar-refractivity contribution is -0.114. The standard InChI is InChI=1S/C21H21ClN6O5S/c1-12-18(21(31)28(27(12)3)14-7-5-4-6-8-14)26-34(32,33)15-9-10-16(22)17(11-15)24-25-19(13(2)29)20(23)30/h4-11,26,29H,1-3H3,(H2,23,30). The van der Waals surface area contributed by atoms with Crippen molar-refractivity contribution in [3.63, 3.8) is 0 Å². The van der Waals surface area contributed by atoms with Crippen LogP contribution < -0.4 is 16.0 Å². The highest BCUT2D eigenvalue weighted by atomic mass is 35.5. The van der Waals surface area contributed by atoms with Gasteiger partial charge in [0.25, 0.3) is 21.5 Å². The van der Waals surface area contributed by atoms with Crippen LogP contribution in [-0.4, -0.2) is 28.8 Å². The number of allylic oxidation sites excluding steroid dienone is 1. The second-order valence-electron chi connectivity index (χ2n) is 7.15. The Kier molecular flexibility index (Phi) is 6.93. The third-order valence-corrected chi connectivity index (χ3v) is 6.52. The minimum absolute atomic E-state index is 0.0319. The van der Waals surface area contributed by atoms with Crippen molar-refractivity contribution in [1.82, 2.24) is 9.36 Å². The molecular weight excluding hydrogens is 484 g/mol. The van der Waals surface area contributed by atoms with Crippen molar-refractivity contribution in [2.75, 3.05) is 4.72 Å². The minimum Gasteiger partial charge on any atom is -0.510 e. The van der Waals surface area contributed by atoms with Crippen LogP contribution in [0.15, 0.2) is 79.9 Å². The van der Waals surface area contributed by atoms with Crippen LogP contribution in [0.25, 0.3) is 5.69 Å². The summed E-state index contributed by atoms with van der Waals surface area (Å²) in [5.41, 5.74) is 4.79. The maximum atomic E-state index is 13.1. The largest absolute Gasteiger partial charge is 0.510 e. The van der Waals surface area contributed by atoms with E-state index in [2.05, 4.69) is 15.0 Å². The van der Waals surface area contributed by atoms with Gasteiger partial charge < -0.3 is 10.8 Å². The van der Waals surface area contributed by atoms with Crippen molar-refractivity contribution < 1.29 is 18.3 Å². The van der Waals surface area contributed by atoms with Gasteiger partial charge in [-0.3, -0.25) is 19.0 Å². The number of aliphatic hydroxyl groups excluding tert-OH is 1. The van der Waals surface area contributed by atoms with Crippen LogP contribution >= 0.6 is 11.6 Å². The molecule has 0 unspecified atom stereocenters. The third-order valence-electron chi connectivity index (χ3n) is 4.85. The van der Waals surface area contributed by atoms with Gasteiger partial charge in [-0.05, 0) is 44.2 Å². The molecule has 1 aromatic heterocycles. The smallest absolute Gasteiger partial charge is 0.296 e. The third kappa shape index (κ3) is 4.87. The number of hydrogen-bond donors (Lipinski definition) is 3. The number of halogens is 1. The molecule has 0 saturated carbocycles. The molecule has 13 heteroatoms. The van der Waals surface area contributed by atoms with E-state index in [0.717, 1.165) is 6.07 Å². The highest BCUT2D eigenvalue weighted by Crippen LogP contribution is 2.30. The lowest BCUT2D eigenvalue weighted by Gasteiger charge is -2.08. The molecule has 3 aromatic rings. The number of aromatic nitrogens is 2. The monoisotopic (exact) mass is 504 g/mol. The number of carbonyl (C=O) groups excluding carboxylic acids is 1. The lowest BCUT2D eigenvalue weighted by atomic mass is 10.3. The van der Waals surface area contributed by atoms with E-state index < -0.39 is 32.9 Å². The van der Waals surface area contributed by atoms with Gasteiger partial charge in [0.2, 0.25) is 0 Å². The summed E-state index contributed by atoms with van der Waals surface area (Å²) in [6.07, 6.45) is 0. The van der Waals surface area contributed by atoms with Gasteiger partial charge in [-0.25, -0.2) is 13.1 Å². The Morgan fingerprint density at radius 3 is 2.41 bits per heavy atom. The van der Waals surface area contributed by atoms with Gasteiger partial charge in [0.05, 0.1) is 21.3 Å². The summed E-state index contributed by atoms with van der Waals surface area (Å²) in [5, 5.41) is 16.8. The Balaban J connectivity index is 2.02. The quantitative estimate of drug-likeness (QED) is 0.255. The molecule has 0 aliphatic heterocycles. The maximum Gasteiger partial charge on any atom is 0.296 e. The van der Waals surface area contributed by atoms with Crippen LogP contribution in [0, 0.1) is 6.92 Å². The molecule has 0 spiro atoms. The molecule has 4 N–H and O–H groups in total. The molecule has 34 heavy (non-hydrogen) atoms. The number of para-hydroxylation sites is 1. The van der Waals surface area contributed by atoms with Gasteiger partial charge >= 0.3 is 0 Å². The van der Waals surface area contributed by atoms with E-state index in [1.807, 2.05) is 0 Å². The van der Waals surface area contributed by atoms with E-state index >= 15 is 0 Å². The van der Waals surface area contributed by atoms with E-state index in [1.54, 1.807) is 44.3 Å². The lowest BCUT2D eigenvalue weighted by Crippen LogP contribution is -2.23. The Bertz CT molecular complexity index is 1490. The van der Waals surface area contributed by atoms with Crippen LogP contribution in [0.1, 0.15) is 12.6 Å². The molecule has 0 radical (unpaired) electrons. The summed E-state index contributed by atoms with van der Waals surface area (Å²) >= 11 is 6.07. The zero-order valence-corrected chi connectivity index (χ0v) is 19.9. The molecule has 11 nitrogen and oxygen atoms in total. The van der Waals surface area contributed by atoms with Crippen LogP contribution in [0.4, 0.5) is 11.4 Å². The molecule has 2 aromatic carbocycles. The number of amides is 1. The average Bonchev–Trinajstić information content (AvgIpc) is 2.98. The van der Waals surface area contributed by atoms with Gasteiger partial charge in [-0.1, -0.05) is 29.8 Å². The molecular formula is C21H21ClN6O5S. The van der Waals surface area contributed by atoms with Crippen molar-refractivity contribution in [2.45, 2.75) is 18.7 Å². The molecule has 178 valence electrons. The van der Waals surface area contributed by atoms with Gasteiger partial charge in [-0.2, -0.15) is 0 Å². The van der Waals surface area contributed by atoms with Crippen molar-refractivity contribution >= 4 is 38.9 Å². The van der Waals surface area contributed by atoms with Crippen LogP contribution in [-0.2, 0) is 21.9 Å². The van der Waals surface area contributed by atoms with Gasteiger partial charge in [0, 0.05) is 7.05 Å². The van der Waals surface area contributed by atoms with Gasteiger partial charge in [-0.15, -0.1) is 10.2 Å². The maximum absolute atomic E-state index is 13.1. The summed E-state index contributed by atoms with van der Waals surface area (Å²) < 4.78 is 31.3. The summed E-state index contributed by atoms with van der Waals surface area (Å²) in [6.45, 7) is 2.80. The highest BCUT2D eigenvalue weighted by molar-refractivity contribution is 7.92. The summed E-state index contributed by atoms with van der Waals surface area (Å²) in [4.78, 5) is 24.1. The predicted octanol–water partition coefficient (Wildman–Crippen LogP) is 3.30. The first-order valence-electron chi connectivity index (χ1n) is 9.72. The summed E-state index contributed by atoms with van der Waals surface area (Å²) in [6, 6.07) is 12.4. The number of hydrogen-bond acceptors (Lipinski definition) is 7. The van der Waals surface area contributed by atoms with Crippen molar-refractivity contribution in [3.05, 3.63) is 81.1 Å². The van der Waals surface area contributed by atoms with Crippen LogP contribution in [0.5, 0.6) is 0 Å². The number of sulfonamides is 1. The number of azo groups is 1. The summed E-state index contributed by atoms with van der Waals surface area (Å²) in [7, 11) is -2.61. The van der Waals surface area contributed by atoms with Crippen molar-refractivity contribution in [1.29, 1.82) is 0 Å². The molecule has 1 amide bonds. The number of benzene rings is 2. The number of anilines is 1. The van der Waals surface area contributed by atoms with Crippen LogP contribution in [0.3, 0.4) is 0 Å². The Hall–Kier alpha value is -3.90. The number of carbonyl (C=O) groups is 1. The van der Waals surface area contributed by atoms with Crippen molar-refractivity contribution in [3.8, 4) is 5.69 Å². The molecule has 0 fully saturated rings. The average molecular weight is 505 g/mol. The van der Waals surface area contributed by atoms with E-state index in [4.69, 9.17) is 17.3 Å². The highest BCUT2D eigenvalue weighted by Gasteiger charge is 2.23. The number of primary amides is 1. The first-order chi connectivity index (χ1) is 15.9.